The predicted octanol–water partition coefficient (Wildman–Crippen LogP) is -0.789. The van der Waals surface area contributed by atoms with E-state index in [0.29, 0.717) is 6.54 Å². The van der Waals surface area contributed by atoms with Gasteiger partial charge in [0.15, 0.2) is 0 Å². The molecule has 19 heavy (non-hydrogen) atoms. The van der Waals surface area contributed by atoms with Crippen LogP contribution in [0.2, 0.25) is 0 Å². The van der Waals surface area contributed by atoms with Gasteiger partial charge in [-0.1, -0.05) is 6.08 Å². The van der Waals surface area contributed by atoms with Crippen molar-refractivity contribution in [3.05, 3.63) is 30.9 Å². The first-order valence-electron chi connectivity index (χ1n) is 5.46. The summed E-state index contributed by atoms with van der Waals surface area (Å²) in [6.07, 6.45) is 4.95. The van der Waals surface area contributed by atoms with Crippen molar-refractivity contribution in [1.29, 1.82) is 0 Å². The molecule has 0 spiro atoms. The van der Waals surface area contributed by atoms with E-state index in [-0.39, 0.29) is 13.0 Å². The van der Waals surface area contributed by atoms with E-state index in [0.717, 1.165) is 5.69 Å². The third-order valence-electron chi connectivity index (χ3n) is 1.88. The van der Waals surface area contributed by atoms with Crippen LogP contribution in [0.15, 0.2) is 25.2 Å². The molecule has 0 aliphatic rings. The fourth-order valence-corrected chi connectivity index (χ4v) is 1.00. The number of carboxylic acids is 2. The molecule has 1 aromatic heterocycles. The highest BCUT2D eigenvalue weighted by atomic mass is 16.4. The van der Waals surface area contributed by atoms with Crippen molar-refractivity contribution in [2.75, 3.05) is 13.1 Å². The lowest BCUT2D eigenvalue weighted by Gasteiger charge is -2.02. The van der Waals surface area contributed by atoms with E-state index in [1.165, 1.54) is 6.33 Å². The molecular weight excluding hydrogens is 252 g/mol. The number of H-pyrrole nitrogens is 1. The highest BCUT2D eigenvalue weighted by Gasteiger charge is 2.11. The molecule has 0 radical (unpaired) electrons. The van der Waals surface area contributed by atoms with Crippen LogP contribution in [-0.4, -0.2) is 51.3 Å². The summed E-state index contributed by atoms with van der Waals surface area (Å²) in [5, 5.41) is 19.1. The van der Waals surface area contributed by atoms with Crippen molar-refractivity contribution in [3.63, 3.8) is 0 Å². The molecule has 8 nitrogen and oxygen atoms in total. The van der Waals surface area contributed by atoms with E-state index >= 15 is 0 Å². The van der Waals surface area contributed by atoms with Crippen molar-refractivity contribution in [2.24, 2.45) is 5.73 Å². The van der Waals surface area contributed by atoms with Gasteiger partial charge in [0.2, 0.25) is 0 Å². The van der Waals surface area contributed by atoms with Crippen molar-refractivity contribution >= 4 is 11.9 Å². The predicted molar refractivity (Wildman–Crippen MR) is 68.6 cm³/mol. The van der Waals surface area contributed by atoms with Crippen LogP contribution in [-0.2, 0) is 16.0 Å². The lowest BCUT2D eigenvalue weighted by Crippen LogP contribution is -2.32. The van der Waals surface area contributed by atoms with Crippen LogP contribution in [0.5, 0.6) is 0 Å². The van der Waals surface area contributed by atoms with E-state index < -0.39 is 18.0 Å². The maximum atomic E-state index is 10.3. The summed E-state index contributed by atoms with van der Waals surface area (Å²) < 4.78 is 0. The number of aromatic amines is 1. The number of aromatic nitrogens is 2. The number of carbonyl (C=O) groups is 2. The molecule has 106 valence electrons. The first-order chi connectivity index (χ1) is 8.97. The Bertz CT molecular complexity index is 391. The van der Waals surface area contributed by atoms with Gasteiger partial charge in [0, 0.05) is 24.9 Å². The average molecular weight is 270 g/mol. The van der Waals surface area contributed by atoms with Crippen LogP contribution < -0.4 is 11.1 Å². The molecule has 0 fully saturated rings. The fourth-order valence-electron chi connectivity index (χ4n) is 1.00. The van der Waals surface area contributed by atoms with Gasteiger partial charge in [0.25, 0.3) is 0 Å². The Morgan fingerprint density at radius 1 is 1.58 bits per heavy atom. The second-order valence-electron chi connectivity index (χ2n) is 3.54. The highest BCUT2D eigenvalue weighted by Crippen LogP contribution is 1.95. The SMILES string of the molecule is C=CCNCC(=O)O.NC(Cc1cnc[nH]1)C(=O)O. The van der Waals surface area contributed by atoms with Crippen molar-refractivity contribution in [1.82, 2.24) is 15.3 Å². The molecule has 1 unspecified atom stereocenters. The van der Waals surface area contributed by atoms with Gasteiger partial charge >= 0.3 is 11.9 Å². The highest BCUT2D eigenvalue weighted by molar-refractivity contribution is 5.73. The van der Waals surface area contributed by atoms with E-state index in [1.54, 1.807) is 12.3 Å². The lowest BCUT2D eigenvalue weighted by atomic mass is 10.2. The van der Waals surface area contributed by atoms with Crippen LogP contribution in [0.25, 0.3) is 0 Å². The first-order valence-corrected chi connectivity index (χ1v) is 5.46. The minimum absolute atomic E-state index is 0.00597. The van der Waals surface area contributed by atoms with Gasteiger partial charge in [-0.15, -0.1) is 6.58 Å². The zero-order chi connectivity index (χ0) is 14.7. The number of carboxylic acid groups (broad SMARTS) is 2. The van der Waals surface area contributed by atoms with Crippen LogP contribution in [0.1, 0.15) is 5.69 Å². The maximum Gasteiger partial charge on any atom is 0.320 e. The van der Waals surface area contributed by atoms with Crippen molar-refractivity contribution in [2.45, 2.75) is 12.5 Å². The van der Waals surface area contributed by atoms with E-state index in [1.807, 2.05) is 0 Å². The Labute approximate surface area is 110 Å². The normalized spacial score (nSPS) is 11.0. The Balaban J connectivity index is 0.000000362. The number of imidazole rings is 1. The van der Waals surface area contributed by atoms with Crippen LogP contribution in [0, 0.1) is 0 Å². The first kappa shape index (κ1) is 16.8. The number of nitrogens with zero attached hydrogens (tertiary/aromatic N) is 1. The standard InChI is InChI=1S/C6H9N3O2.C5H9NO2/c7-5(6(10)11)1-4-2-8-3-9-4;1-2-3-6-4-5(7)8/h2-3,5H,1,7H2,(H,8,9)(H,10,11);2,6H,1,3-4H2,(H,7,8). The largest absolute Gasteiger partial charge is 0.480 e. The average Bonchev–Trinajstić information content (AvgIpc) is 2.82. The van der Waals surface area contributed by atoms with Crippen molar-refractivity contribution < 1.29 is 19.8 Å². The molecule has 0 bridgehead atoms. The minimum atomic E-state index is -1.00. The number of nitrogens with two attached hydrogens (primary N) is 1. The molecule has 0 aromatic carbocycles. The zero-order valence-corrected chi connectivity index (χ0v) is 10.4. The number of aliphatic carboxylic acids is 2. The van der Waals surface area contributed by atoms with E-state index in [9.17, 15) is 9.59 Å². The molecule has 8 heteroatoms. The second-order valence-corrected chi connectivity index (χ2v) is 3.54. The Morgan fingerprint density at radius 3 is 2.68 bits per heavy atom. The molecule has 1 atom stereocenters. The maximum absolute atomic E-state index is 10.3. The summed E-state index contributed by atoms with van der Waals surface area (Å²) in [5.74, 6) is -1.84. The quantitative estimate of drug-likeness (QED) is 0.323. The Morgan fingerprint density at radius 2 is 2.26 bits per heavy atom. The molecular formula is C11H18N4O4. The summed E-state index contributed by atoms with van der Waals surface area (Å²) in [4.78, 5) is 26.5. The third-order valence-corrected chi connectivity index (χ3v) is 1.88. The fraction of sp³-hybridized carbons (Fsp3) is 0.364. The topological polar surface area (TPSA) is 141 Å². The molecule has 1 aromatic rings. The third kappa shape index (κ3) is 9.51. The molecule has 0 saturated heterocycles. The Hall–Kier alpha value is -2.19. The molecule has 0 aliphatic carbocycles. The lowest BCUT2D eigenvalue weighted by molar-refractivity contribution is -0.138. The van der Waals surface area contributed by atoms with Gasteiger partial charge in [-0.2, -0.15) is 0 Å². The van der Waals surface area contributed by atoms with Gasteiger partial charge in [-0.3, -0.25) is 9.59 Å². The number of hydrogen-bond donors (Lipinski definition) is 5. The smallest absolute Gasteiger partial charge is 0.320 e. The summed E-state index contributed by atoms with van der Waals surface area (Å²) in [6, 6.07) is -0.851. The van der Waals surface area contributed by atoms with Crippen LogP contribution in [0.3, 0.4) is 0 Å². The second kappa shape index (κ2) is 9.80. The van der Waals surface area contributed by atoms with E-state index in [4.69, 9.17) is 15.9 Å². The summed E-state index contributed by atoms with van der Waals surface area (Å²) in [6.45, 7) is 3.96. The van der Waals surface area contributed by atoms with Gasteiger partial charge < -0.3 is 26.2 Å². The zero-order valence-electron chi connectivity index (χ0n) is 10.4. The molecule has 0 aliphatic heterocycles. The van der Waals surface area contributed by atoms with Crippen molar-refractivity contribution in [3.8, 4) is 0 Å². The van der Waals surface area contributed by atoms with Gasteiger partial charge in [0.05, 0.1) is 12.9 Å². The Kier molecular flexibility index (Phi) is 8.67. The van der Waals surface area contributed by atoms with Crippen LogP contribution in [0.4, 0.5) is 0 Å². The van der Waals surface area contributed by atoms with Gasteiger partial charge in [-0.25, -0.2) is 4.98 Å². The number of nitrogens with one attached hydrogen (secondary N) is 2. The minimum Gasteiger partial charge on any atom is -0.480 e. The molecule has 6 N–H and O–H groups in total. The van der Waals surface area contributed by atoms with Gasteiger partial charge in [-0.05, 0) is 0 Å². The summed E-state index contributed by atoms with van der Waals surface area (Å²) in [5.41, 5.74) is 6.00. The monoisotopic (exact) mass is 270 g/mol. The van der Waals surface area contributed by atoms with E-state index in [2.05, 4.69) is 21.9 Å². The number of rotatable bonds is 7. The molecule has 0 amide bonds. The summed E-state index contributed by atoms with van der Waals surface area (Å²) >= 11 is 0. The van der Waals surface area contributed by atoms with Crippen LogP contribution >= 0.6 is 0 Å². The number of hydrogen-bond acceptors (Lipinski definition) is 5. The molecule has 1 heterocycles. The molecule has 1 rings (SSSR count). The summed E-state index contributed by atoms with van der Waals surface area (Å²) in [7, 11) is 0. The van der Waals surface area contributed by atoms with Gasteiger partial charge in [0.1, 0.15) is 6.04 Å². The molecule has 0 saturated carbocycles.